The Morgan fingerprint density at radius 2 is 2.12 bits per heavy atom. The molecule has 0 bridgehead atoms. The van der Waals surface area contributed by atoms with E-state index in [1.165, 1.54) is 11.8 Å². The van der Waals surface area contributed by atoms with Gasteiger partial charge >= 0.3 is 5.97 Å². The topological polar surface area (TPSA) is 96.6 Å². The Bertz CT molecular complexity index is 871. The molecular formula is C19H19NO5S. The Labute approximate surface area is 155 Å². The second kappa shape index (κ2) is 7.78. The number of carboxylic acids is 1. The van der Waals surface area contributed by atoms with Crippen LogP contribution < -0.4 is 5.32 Å². The van der Waals surface area contributed by atoms with E-state index in [0.717, 1.165) is 12.0 Å². The van der Waals surface area contributed by atoms with E-state index in [-0.39, 0.29) is 23.2 Å². The molecule has 6 nitrogen and oxygen atoms in total. The van der Waals surface area contributed by atoms with Gasteiger partial charge in [-0.05, 0) is 31.0 Å². The van der Waals surface area contributed by atoms with Crippen LogP contribution in [0.2, 0.25) is 0 Å². The fourth-order valence-electron chi connectivity index (χ4n) is 3.05. The van der Waals surface area contributed by atoms with Crippen molar-refractivity contribution in [2.45, 2.75) is 31.9 Å². The maximum absolute atomic E-state index is 12.6. The number of fused-ring (bicyclic) bond motifs is 1. The number of benzene rings is 1. The second-order valence-corrected chi connectivity index (χ2v) is 7.16. The van der Waals surface area contributed by atoms with Gasteiger partial charge in [-0.2, -0.15) is 0 Å². The van der Waals surface area contributed by atoms with Gasteiger partial charge < -0.3 is 14.8 Å². The smallest absolute Gasteiger partial charge is 0.313 e. The zero-order valence-corrected chi connectivity index (χ0v) is 15.1. The van der Waals surface area contributed by atoms with Crippen molar-refractivity contribution < 1.29 is 23.9 Å². The lowest BCUT2D eigenvalue weighted by Gasteiger charge is -2.07. The molecular weight excluding hydrogens is 354 g/mol. The van der Waals surface area contributed by atoms with Gasteiger partial charge in [-0.1, -0.05) is 12.1 Å². The molecule has 0 saturated carbocycles. The average molecular weight is 373 g/mol. The van der Waals surface area contributed by atoms with Crippen LogP contribution in [0.1, 0.15) is 50.6 Å². The Hall–Kier alpha value is -2.54. The molecule has 2 N–H and O–H groups in total. The summed E-state index contributed by atoms with van der Waals surface area (Å²) >= 11 is 1.29. The summed E-state index contributed by atoms with van der Waals surface area (Å²) < 4.78 is 5.66. The molecule has 0 atom stereocenters. The summed E-state index contributed by atoms with van der Waals surface area (Å²) in [7, 11) is 0. The number of amides is 1. The maximum Gasteiger partial charge on any atom is 0.313 e. The van der Waals surface area contributed by atoms with Gasteiger partial charge in [-0.15, -0.1) is 11.8 Å². The van der Waals surface area contributed by atoms with Gasteiger partial charge in [0, 0.05) is 29.8 Å². The summed E-state index contributed by atoms with van der Waals surface area (Å²) in [5.74, 6) is 0.134. The number of nitrogens with one attached hydrogen (secondary N) is 1. The molecule has 1 aliphatic rings. The van der Waals surface area contributed by atoms with Gasteiger partial charge in [0.2, 0.25) is 0 Å². The number of anilines is 1. The Kier molecular flexibility index (Phi) is 5.46. The largest absolute Gasteiger partial charge is 0.481 e. The third-order valence-electron chi connectivity index (χ3n) is 4.19. The number of carboxylic acid groups (broad SMARTS) is 1. The van der Waals surface area contributed by atoms with Crippen LogP contribution in [-0.2, 0) is 17.0 Å². The number of hydrogen-bond donors (Lipinski definition) is 2. The predicted molar refractivity (Wildman–Crippen MR) is 98.9 cm³/mol. The lowest BCUT2D eigenvalue weighted by molar-refractivity contribution is -0.133. The highest BCUT2D eigenvalue weighted by molar-refractivity contribution is 7.99. The van der Waals surface area contributed by atoms with Crippen LogP contribution in [0.4, 0.5) is 5.69 Å². The first kappa shape index (κ1) is 18.3. The zero-order valence-electron chi connectivity index (χ0n) is 14.3. The van der Waals surface area contributed by atoms with Crippen molar-refractivity contribution in [1.29, 1.82) is 0 Å². The van der Waals surface area contributed by atoms with Crippen molar-refractivity contribution in [2.75, 3.05) is 11.1 Å². The number of carbonyl (C=O) groups excluding carboxylic acids is 2. The third-order valence-corrected chi connectivity index (χ3v) is 5.18. The van der Waals surface area contributed by atoms with E-state index in [4.69, 9.17) is 9.52 Å². The molecule has 1 amide bonds. The van der Waals surface area contributed by atoms with Crippen LogP contribution in [-0.4, -0.2) is 28.5 Å². The van der Waals surface area contributed by atoms with Crippen LogP contribution in [0.3, 0.4) is 0 Å². The van der Waals surface area contributed by atoms with Crippen molar-refractivity contribution in [3.05, 3.63) is 52.5 Å². The number of carbonyl (C=O) groups is 3. The number of hydrogen-bond acceptors (Lipinski definition) is 5. The Morgan fingerprint density at radius 3 is 2.85 bits per heavy atom. The Balaban J connectivity index is 1.72. The molecule has 7 heteroatoms. The lowest BCUT2D eigenvalue weighted by atomic mass is 9.94. The van der Waals surface area contributed by atoms with E-state index in [1.807, 2.05) is 6.07 Å². The highest BCUT2D eigenvalue weighted by Crippen LogP contribution is 2.30. The number of thioether (sulfide) groups is 1. The first-order valence-corrected chi connectivity index (χ1v) is 9.46. The van der Waals surface area contributed by atoms with E-state index < -0.39 is 5.97 Å². The molecule has 2 aromatic rings. The van der Waals surface area contributed by atoms with E-state index in [9.17, 15) is 14.4 Å². The van der Waals surface area contributed by atoms with Gasteiger partial charge in [-0.25, -0.2) is 0 Å². The lowest BCUT2D eigenvalue weighted by Crippen LogP contribution is -2.13. The van der Waals surface area contributed by atoms with E-state index in [2.05, 4.69) is 5.32 Å². The van der Waals surface area contributed by atoms with Crippen molar-refractivity contribution in [3.8, 4) is 0 Å². The van der Waals surface area contributed by atoms with Crippen molar-refractivity contribution in [2.24, 2.45) is 0 Å². The fraction of sp³-hybridized carbons (Fsp3) is 0.316. The summed E-state index contributed by atoms with van der Waals surface area (Å²) in [6.07, 6.45) is 1.91. The molecule has 0 unspecified atom stereocenters. The zero-order chi connectivity index (χ0) is 18.7. The van der Waals surface area contributed by atoms with Crippen LogP contribution in [0.5, 0.6) is 0 Å². The minimum absolute atomic E-state index is 0.0295. The average Bonchev–Trinajstić information content (AvgIpc) is 2.93. The number of aryl methyl sites for hydroxylation is 1. The summed E-state index contributed by atoms with van der Waals surface area (Å²) in [6.45, 7) is 1.74. The number of aliphatic carboxylic acids is 1. The second-order valence-electron chi connectivity index (χ2n) is 6.17. The van der Waals surface area contributed by atoms with E-state index in [0.29, 0.717) is 41.2 Å². The molecule has 0 saturated heterocycles. The number of rotatable bonds is 6. The van der Waals surface area contributed by atoms with Gasteiger partial charge in [-0.3, -0.25) is 14.4 Å². The normalized spacial score (nSPS) is 13.3. The van der Waals surface area contributed by atoms with Gasteiger partial charge in [0.05, 0.1) is 11.3 Å². The van der Waals surface area contributed by atoms with Crippen LogP contribution in [0.15, 0.2) is 28.7 Å². The van der Waals surface area contributed by atoms with Gasteiger partial charge in [0.1, 0.15) is 5.76 Å². The third kappa shape index (κ3) is 3.99. The summed E-state index contributed by atoms with van der Waals surface area (Å²) in [4.78, 5) is 35.2. The van der Waals surface area contributed by atoms with Crippen molar-refractivity contribution in [1.82, 2.24) is 0 Å². The number of Topliss-reactive ketones (excluding diaryl/α,β-unsaturated/α-hetero) is 1. The van der Waals surface area contributed by atoms with Crippen molar-refractivity contribution in [3.63, 3.8) is 0 Å². The fourth-order valence-corrected chi connectivity index (χ4v) is 3.74. The molecule has 1 aliphatic carbocycles. The molecule has 1 aromatic carbocycles. The molecule has 0 radical (unpaired) electrons. The van der Waals surface area contributed by atoms with Crippen LogP contribution in [0.25, 0.3) is 0 Å². The molecule has 0 aliphatic heterocycles. The van der Waals surface area contributed by atoms with Crippen molar-refractivity contribution >= 4 is 35.1 Å². The van der Waals surface area contributed by atoms with E-state index in [1.54, 1.807) is 25.1 Å². The van der Waals surface area contributed by atoms with Gasteiger partial charge in [0.25, 0.3) is 5.91 Å². The SMILES string of the molecule is Cc1c(C(=O)Nc2cccc(CSCC(=O)O)c2)oc2c1C(=O)CCC2. The molecule has 1 aromatic heterocycles. The molecule has 136 valence electrons. The molecule has 1 heterocycles. The quantitative estimate of drug-likeness (QED) is 0.802. The number of furan rings is 1. The minimum atomic E-state index is -0.855. The van der Waals surface area contributed by atoms with Crippen LogP contribution in [0, 0.1) is 6.92 Å². The maximum atomic E-state index is 12.6. The van der Waals surface area contributed by atoms with E-state index >= 15 is 0 Å². The summed E-state index contributed by atoms with van der Waals surface area (Å²) in [5, 5.41) is 11.5. The standard InChI is InChI=1S/C19H19NO5S/c1-11-17-14(21)6-3-7-15(17)25-18(11)19(24)20-13-5-2-4-12(8-13)9-26-10-16(22)23/h2,4-5,8H,3,6-7,9-10H2,1H3,(H,20,24)(H,22,23). The summed E-state index contributed by atoms with van der Waals surface area (Å²) in [6, 6.07) is 7.23. The summed E-state index contributed by atoms with van der Waals surface area (Å²) in [5.41, 5.74) is 2.67. The highest BCUT2D eigenvalue weighted by Gasteiger charge is 2.28. The minimum Gasteiger partial charge on any atom is -0.481 e. The first-order valence-electron chi connectivity index (χ1n) is 8.31. The monoisotopic (exact) mass is 373 g/mol. The first-order chi connectivity index (χ1) is 12.5. The molecule has 0 spiro atoms. The molecule has 0 fully saturated rings. The Morgan fingerprint density at radius 1 is 1.31 bits per heavy atom. The highest BCUT2D eigenvalue weighted by atomic mass is 32.2. The predicted octanol–water partition coefficient (Wildman–Crippen LogP) is 3.68. The molecule has 26 heavy (non-hydrogen) atoms. The van der Waals surface area contributed by atoms with Gasteiger partial charge in [0.15, 0.2) is 11.5 Å². The van der Waals surface area contributed by atoms with Crippen LogP contribution >= 0.6 is 11.8 Å². The number of ketones is 1. The molecule has 3 rings (SSSR count).